The molecule has 2 aromatic heterocycles. The van der Waals surface area contributed by atoms with Crippen LogP contribution in [-0.2, 0) is 19.7 Å². The standard InChI is InChI=1S/C28H29N3O5S2/c1-3-19-37(33,34)26-24-23-15-9-8-14-22(23)16-18-31(24)25(27(26)38(35,36)20-4-2)28(32)30-29-17-10-13-21-11-6-5-7-12-21/h5-18H,3-4,19-20H2,1-2H3,(H,30,32)/b13-10+,29-17-. The van der Waals surface area contributed by atoms with Crippen molar-refractivity contribution in [2.24, 2.45) is 5.10 Å². The lowest BCUT2D eigenvalue weighted by atomic mass is 10.1. The zero-order chi connectivity index (χ0) is 27.3. The number of aromatic nitrogens is 1. The maximum absolute atomic E-state index is 13.6. The molecule has 0 unspecified atom stereocenters. The lowest BCUT2D eigenvalue weighted by Crippen LogP contribution is -2.23. The van der Waals surface area contributed by atoms with Gasteiger partial charge in [-0.2, -0.15) is 5.10 Å². The smallest absolute Gasteiger partial charge is 0.289 e. The molecule has 2 aromatic carbocycles. The number of pyridine rings is 1. The molecule has 0 fully saturated rings. The minimum absolute atomic E-state index is 0.171. The van der Waals surface area contributed by atoms with Crippen LogP contribution in [-0.4, -0.2) is 44.9 Å². The number of rotatable bonds is 10. The van der Waals surface area contributed by atoms with Gasteiger partial charge >= 0.3 is 0 Å². The van der Waals surface area contributed by atoms with Crippen molar-refractivity contribution in [1.82, 2.24) is 9.83 Å². The Balaban J connectivity index is 1.93. The van der Waals surface area contributed by atoms with E-state index in [-0.39, 0.29) is 40.5 Å². The Morgan fingerprint density at radius 3 is 2.18 bits per heavy atom. The summed E-state index contributed by atoms with van der Waals surface area (Å²) in [6.07, 6.45) is 6.86. The summed E-state index contributed by atoms with van der Waals surface area (Å²) < 4.78 is 55.6. The van der Waals surface area contributed by atoms with Crippen LogP contribution in [0, 0.1) is 0 Å². The molecule has 0 radical (unpaired) electrons. The molecule has 1 N–H and O–H groups in total. The topological polar surface area (TPSA) is 114 Å². The summed E-state index contributed by atoms with van der Waals surface area (Å²) in [6, 6.07) is 18.3. The van der Waals surface area contributed by atoms with Crippen LogP contribution in [0.15, 0.2) is 87.8 Å². The second-order valence-electron chi connectivity index (χ2n) is 8.76. The number of allylic oxidation sites excluding steroid dienone is 1. The Bertz CT molecular complexity index is 1750. The first-order chi connectivity index (χ1) is 18.2. The number of carbonyl (C=O) groups is 1. The van der Waals surface area contributed by atoms with Crippen molar-refractivity contribution in [3.63, 3.8) is 0 Å². The fraction of sp³-hybridized carbons (Fsp3) is 0.214. The van der Waals surface area contributed by atoms with Crippen molar-refractivity contribution < 1.29 is 21.6 Å². The maximum Gasteiger partial charge on any atom is 0.289 e. The molecule has 2 heterocycles. The van der Waals surface area contributed by atoms with Crippen LogP contribution in [0.5, 0.6) is 0 Å². The predicted molar refractivity (Wildman–Crippen MR) is 151 cm³/mol. The van der Waals surface area contributed by atoms with E-state index in [4.69, 9.17) is 0 Å². The van der Waals surface area contributed by atoms with Gasteiger partial charge in [-0.3, -0.25) is 4.79 Å². The van der Waals surface area contributed by atoms with Gasteiger partial charge in [0.2, 0.25) is 0 Å². The molecule has 198 valence electrons. The minimum atomic E-state index is -4.15. The third kappa shape index (κ3) is 5.41. The van der Waals surface area contributed by atoms with Gasteiger partial charge < -0.3 is 4.40 Å². The predicted octanol–water partition coefficient (Wildman–Crippen LogP) is 4.89. The Hall–Kier alpha value is -3.76. The summed E-state index contributed by atoms with van der Waals surface area (Å²) >= 11 is 0. The molecule has 1 amide bonds. The zero-order valence-electron chi connectivity index (χ0n) is 21.2. The average molecular weight is 552 g/mol. The van der Waals surface area contributed by atoms with Crippen LogP contribution < -0.4 is 5.43 Å². The monoisotopic (exact) mass is 551 g/mol. The quantitative estimate of drug-likeness (QED) is 0.223. The molecule has 0 spiro atoms. The summed E-state index contributed by atoms with van der Waals surface area (Å²) in [5.74, 6) is -1.39. The second-order valence-corrected chi connectivity index (χ2v) is 12.8. The highest BCUT2D eigenvalue weighted by Crippen LogP contribution is 2.37. The Kier molecular flexibility index (Phi) is 8.13. The molecule has 0 saturated carbocycles. The van der Waals surface area contributed by atoms with Crippen LogP contribution in [0.25, 0.3) is 22.4 Å². The van der Waals surface area contributed by atoms with Gasteiger partial charge in [-0.1, -0.05) is 74.5 Å². The van der Waals surface area contributed by atoms with E-state index in [1.54, 1.807) is 44.2 Å². The molecule has 38 heavy (non-hydrogen) atoms. The highest BCUT2D eigenvalue weighted by atomic mass is 32.2. The fourth-order valence-electron chi connectivity index (χ4n) is 4.40. The molecule has 0 aliphatic rings. The van der Waals surface area contributed by atoms with E-state index in [0.717, 1.165) is 10.9 Å². The summed E-state index contributed by atoms with van der Waals surface area (Å²) in [4.78, 5) is 12.7. The van der Waals surface area contributed by atoms with Crippen LogP contribution in [0.4, 0.5) is 0 Å². The van der Waals surface area contributed by atoms with Gasteiger partial charge in [0.1, 0.15) is 15.5 Å². The third-order valence-corrected chi connectivity index (χ3v) is 9.99. The molecule has 0 aliphatic carbocycles. The molecule has 0 saturated heterocycles. The van der Waals surface area contributed by atoms with Gasteiger partial charge in [0.25, 0.3) is 5.91 Å². The lowest BCUT2D eigenvalue weighted by Gasteiger charge is -2.09. The number of hydrogen-bond acceptors (Lipinski definition) is 6. The molecule has 10 heteroatoms. The van der Waals surface area contributed by atoms with E-state index in [2.05, 4.69) is 10.5 Å². The van der Waals surface area contributed by atoms with E-state index in [9.17, 15) is 21.6 Å². The summed E-state index contributed by atoms with van der Waals surface area (Å²) in [5.41, 5.74) is 3.21. The largest absolute Gasteiger partial charge is 0.309 e. The van der Waals surface area contributed by atoms with Crippen LogP contribution >= 0.6 is 0 Å². The van der Waals surface area contributed by atoms with Gasteiger partial charge in [0, 0.05) is 17.8 Å². The van der Waals surface area contributed by atoms with Gasteiger partial charge in [0.15, 0.2) is 19.7 Å². The number of benzene rings is 2. The number of fused-ring (bicyclic) bond motifs is 3. The first-order valence-electron chi connectivity index (χ1n) is 12.3. The van der Waals surface area contributed by atoms with Crippen LogP contribution in [0.2, 0.25) is 0 Å². The molecule has 0 aliphatic heterocycles. The number of carbonyl (C=O) groups excluding carboxylic acids is 1. The van der Waals surface area contributed by atoms with Gasteiger partial charge in [-0.05, 0) is 35.9 Å². The number of amides is 1. The van der Waals surface area contributed by atoms with E-state index in [1.165, 1.54) is 16.8 Å². The van der Waals surface area contributed by atoms with Crippen LogP contribution in [0.3, 0.4) is 0 Å². The van der Waals surface area contributed by atoms with Crippen molar-refractivity contribution in [3.05, 3.63) is 84.2 Å². The highest BCUT2D eigenvalue weighted by Gasteiger charge is 2.37. The van der Waals surface area contributed by atoms with Crippen molar-refractivity contribution in [3.8, 4) is 0 Å². The first kappa shape index (κ1) is 27.3. The summed E-state index contributed by atoms with van der Waals surface area (Å²) in [5, 5.41) is 5.20. The van der Waals surface area contributed by atoms with Gasteiger partial charge in [-0.25, -0.2) is 22.3 Å². The Morgan fingerprint density at radius 2 is 1.50 bits per heavy atom. The van der Waals surface area contributed by atoms with Gasteiger partial charge in [-0.15, -0.1) is 0 Å². The van der Waals surface area contributed by atoms with Crippen molar-refractivity contribution in [2.45, 2.75) is 36.5 Å². The molecule has 0 atom stereocenters. The summed E-state index contributed by atoms with van der Waals surface area (Å²) in [7, 11) is -8.21. The number of sulfone groups is 2. The Labute approximate surface area is 222 Å². The number of hydrazone groups is 1. The first-order valence-corrected chi connectivity index (χ1v) is 15.6. The number of nitrogens with one attached hydrogen (secondary N) is 1. The molecule has 0 bridgehead atoms. The second kappa shape index (κ2) is 11.3. The normalized spacial score (nSPS) is 12.7. The Morgan fingerprint density at radius 1 is 0.868 bits per heavy atom. The fourth-order valence-corrected chi connectivity index (χ4v) is 8.39. The van der Waals surface area contributed by atoms with E-state index in [0.29, 0.717) is 5.39 Å². The van der Waals surface area contributed by atoms with E-state index < -0.39 is 30.5 Å². The minimum Gasteiger partial charge on any atom is -0.309 e. The molecule has 4 rings (SSSR count). The molecule has 4 aromatic rings. The highest BCUT2D eigenvalue weighted by molar-refractivity contribution is 7.94. The molecular formula is C28H29N3O5S2. The van der Waals surface area contributed by atoms with Crippen molar-refractivity contribution in [2.75, 3.05) is 11.5 Å². The molecule has 8 nitrogen and oxygen atoms in total. The molecular weight excluding hydrogens is 522 g/mol. The summed E-state index contributed by atoms with van der Waals surface area (Å²) in [6.45, 7) is 3.39. The average Bonchev–Trinajstić information content (AvgIpc) is 3.27. The van der Waals surface area contributed by atoms with Crippen molar-refractivity contribution >= 4 is 54.2 Å². The third-order valence-electron chi connectivity index (χ3n) is 5.93. The lowest BCUT2D eigenvalue weighted by molar-refractivity contribution is 0.0945. The van der Waals surface area contributed by atoms with Crippen molar-refractivity contribution in [1.29, 1.82) is 0 Å². The number of nitrogens with zero attached hydrogens (tertiary/aromatic N) is 2. The van der Waals surface area contributed by atoms with Gasteiger partial charge in [0.05, 0.1) is 17.0 Å². The van der Waals surface area contributed by atoms with E-state index >= 15 is 0 Å². The van der Waals surface area contributed by atoms with Crippen LogP contribution in [0.1, 0.15) is 42.7 Å². The SMILES string of the molecule is CCCS(=O)(=O)c1c(S(=O)(=O)CCC)c2c3ccccc3ccn2c1C(=O)N/N=C\C=C\c1ccccc1. The maximum atomic E-state index is 13.6. The van der Waals surface area contributed by atoms with E-state index in [1.807, 2.05) is 42.5 Å². The zero-order valence-corrected chi connectivity index (χ0v) is 22.8. The number of hydrogen-bond donors (Lipinski definition) is 1.